The molecule has 1 aromatic heterocycles. The van der Waals surface area contributed by atoms with Gasteiger partial charge in [-0.25, -0.2) is 0 Å². The predicted molar refractivity (Wildman–Crippen MR) is 75.5 cm³/mol. The Hall–Kier alpha value is 0.0600. The van der Waals surface area contributed by atoms with Crippen LogP contribution >= 0.6 is 27.3 Å². The van der Waals surface area contributed by atoms with Crippen molar-refractivity contribution in [2.24, 2.45) is 5.92 Å². The van der Waals surface area contributed by atoms with Gasteiger partial charge in [-0.15, -0.1) is 11.3 Å². The predicted octanol–water partition coefficient (Wildman–Crippen LogP) is 2.22. The first kappa shape index (κ1) is 13.5. The van der Waals surface area contributed by atoms with E-state index < -0.39 is 0 Å². The molecule has 0 radical (unpaired) electrons. The molecule has 1 aliphatic heterocycles. The lowest BCUT2D eigenvalue weighted by Gasteiger charge is -2.18. The van der Waals surface area contributed by atoms with E-state index in [1.807, 2.05) is 0 Å². The van der Waals surface area contributed by atoms with Gasteiger partial charge in [0.15, 0.2) is 0 Å². The summed E-state index contributed by atoms with van der Waals surface area (Å²) in [5.41, 5.74) is 0. The molecule has 96 valence electrons. The Morgan fingerprint density at radius 3 is 3.06 bits per heavy atom. The monoisotopic (exact) mass is 318 g/mol. The molecule has 17 heavy (non-hydrogen) atoms. The fourth-order valence-electron chi connectivity index (χ4n) is 2.12. The molecule has 1 saturated heterocycles. The highest BCUT2D eigenvalue weighted by molar-refractivity contribution is 9.11. The smallest absolute Gasteiger partial charge is 0.0701 e. The molecule has 1 aromatic rings. The molecular weight excluding hydrogens is 300 g/mol. The van der Waals surface area contributed by atoms with Crippen molar-refractivity contribution in [2.45, 2.75) is 19.5 Å². The van der Waals surface area contributed by atoms with Crippen molar-refractivity contribution in [3.05, 3.63) is 20.8 Å². The van der Waals surface area contributed by atoms with Gasteiger partial charge in [0.25, 0.3) is 0 Å². The molecule has 2 heterocycles. The van der Waals surface area contributed by atoms with Gasteiger partial charge in [-0.1, -0.05) is 6.92 Å². The van der Waals surface area contributed by atoms with E-state index in [2.05, 4.69) is 45.6 Å². The summed E-state index contributed by atoms with van der Waals surface area (Å²) < 4.78 is 6.72. The molecule has 0 aromatic carbocycles. The van der Waals surface area contributed by atoms with E-state index in [9.17, 15) is 0 Å². The standard InChI is InChI=1S/C12H19BrN2OS/c1-2-15-11-8-16-7-9(11)5-14-6-10-3-4-12(13)17-10/h3-4,9,11,14-15H,2,5-8H2,1H3. The lowest BCUT2D eigenvalue weighted by molar-refractivity contribution is 0.182. The molecule has 2 N–H and O–H groups in total. The number of nitrogens with one attached hydrogen (secondary N) is 2. The number of rotatable bonds is 6. The average molecular weight is 319 g/mol. The van der Waals surface area contributed by atoms with Crippen molar-refractivity contribution in [1.82, 2.24) is 10.6 Å². The lowest BCUT2D eigenvalue weighted by atomic mass is 10.0. The van der Waals surface area contributed by atoms with Crippen LogP contribution in [0, 0.1) is 5.92 Å². The van der Waals surface area contributed by atoms with Crippen LogP contribution in [0.25, 0.3) is 0 Å². The third-order valence-electron chi connectivity index (χ3n) is 3.00. The first-order chi connectivity index (χ1) is 8.29. The zero-order valence-electron chi connectivity index (χ0n) is 10.0. The summed E-state index contributed by atoms with van der Waals surface area (Å²) in [7, 11) is 0. The highest BCUT2D eigenvalue weighted by Crippen LogP contribution is 2.22. The van der Waals surface area contributed by atoms with Crippen molar-refractivity contribution in [3.63, 3.8) is 0 Å². The molecule has 0 saturated carbocycles. The second kappa shape index (κ2) is 6.85. The molecule has 5 heteroatoms. The van der Waals surface area contributed by atoms with Gasteiger partial charge in [-0.2, -0.15) is 0 Å². The van der Waals surface area contributed by atoms with Gasteiger partial charge in [0.2, 0.25) is 0 Å². The molecule has 1 aliphatic rings. The average Bonchev–Trinajstić information content (AvgIpc) is 2.90. The highest BCUT2D eigenvalue weighted by Gasteiger charge is 2.26. The molecule has 2 atom stereocenters. The van der Waals surface area contributed by atoms with Crippen molar-refractivity contribution >= 4 is 27.3 Å². The highest BCUT2D eigenvalue weighted by atomic mass is 79.9. The number of hydrogen-bond donors (Lipinski definition) is 2. The minimum atomic E-state index is 0.516. The van der Waals surface area contributed by atoms with E-state index >= 15 is 0 Å². The van der Waals surface area contributed by atoms with Gasteiger partial charge in [0, 0.05) is 29.9 Å². The SMILES string of the molecule is CCNC1COCC1CNCc1ccc(Br)s1. The maximum absolute atomic E-state index is 5.52. The summed E-state index contributed by atoms with van der Waals surface area (Å²) in [5.74, 6) is 0.596. The van der Waals surface area contributed by atoms with E-state index in [0.29, 0.717) is 12.0 Å². The van der Waals surface area contributed by atoms with Gasteiger partial charge >= 0.3 is 0 Å². The van der Waals surface area contributed by atoms with E-state index in [1.165, 1.54) is 8.66 Å². The van der Waals surface area contributed by atoms with Gasteiger partial charge in [-0.05, 0) is 34.6 Å². The topological polar surface area (TPSA) is 33.3 Å². The maximum atomic E-state index is 5.52. The minimum Gasteiger partial charge on any atom is -0.379 e. The number of ether oxygens (including phenoxy) is 1. The Morgan fingerprint density at radius 1 is 1.47 bits per heavy atom. The van der Waals surface area contributed by atoms with Crippen LogP contribution in [0.3, 0.4) is 0 Å². The quantitative estimate of drug-likeness (QED) is 0.844. The summed E-state index contributed by atoms with van der Waals surface area (Å²) in [5, 5.41) is 6.99. The van der Waals surface area contributed by atoms with Crippen LogP contribution in [-0.4, -0.2) is 32.3 Å². The second-order valence-corrected chi connectivity index (χ2v) is 6.85. The fourth-order valence-corrected chi connectivity index (χ4v) is 3.57. The third kappa shape index (κ3) is 4.03. The Kier molecular flexibility index (Phi) is 5.44. The van der Waals surface area contributed by atoms with Crippen LogP contribution in [0.5, 0.6) is 0 Å². The van der Waals surface area contributed by atoms with Crippen LogP contribution in [-0.2, 0) is 11.3 Å². The number of likely N-dealkylation sites (N-methyl/N-ethyl adjacent to an activating group) is 1. The number of hydrogen-bond acceptors (Lipinski definition) is 4. The minimum absolute atomic E-state index is 0.516. The third-order valence-corrected chi connectivity index (χ3v) is 4.62. The molecule has 0 aliphatic carbocycles. The molecular formula is C12H19BrN2OS. The van der Waals surface area contributed by atoms with Crippen molar-refractivity contribution in [3.8, 4) is 0 Å². The Labute approximate surface area is 115 Å². The van der Waals surface area contributed by atoms with Crippen LogP contribution in [0.4, 0.5) is 0 Å². The van der Waals surface area contributed by atoms with Gasteiger partial charge in [0.1, 0.15) is 0 Å². The first-order valence-electron chi connectivity index (χ1n) is 6.05. The summed E-state index contributed by atoms with van der Waals surface area (Å²) in [6, 6.07) is 4.78. The molecule has 0 bridgehead atoms. The Balaban J connectivity index is 1.70. The van der Waals surface area contributed by atoms with Gasteiger partial charge in [0.05, 0.1) is 17.0 Å². The van der Waals surface area contributed by atoms with Crippen molar-refractivity contribution in [1.29, 1.82) is 0 Å². The summed E-state index contributed by atoms with van der Waals surface area (Å²) in [4.78, 5) is 1.37. The molecule has 0 amide bonds. The normalized spacial score (nSPS) is 24.4. The van der Waals surface area contributed by atoms with E-state index in [1.54, 1.807) is 11.3 Å². The van der Waals surface area contributed by atoms with Gasteiger partial charge < -0.3 is 15.4 Å². The van der Waals surface area contributed by atoms with Crippen LogP contribution in [0.1, 0.15) is 11.8 Å². The van der Waals surface area contributed by atoms with Crippen molar-refractivity contribution in [2.75, 3.05) is 26.3 Å². The van der Waals surface area contributed by atoms with Crippen LogP contribution in [0.2, 0.25) is 0 Å². The molecule has 2 unspecified atom stereocenters. The Morgan fingerprint density at radius 2 is 2.35 bits per heavy atom. The van der Waals surface area contributed by atoms with Crippen LogP contribution in [0.15, 0.2) is 15.9 Å². The van der Waals surface area contributed by atoms with Gasteiger partial charge in [-0.3, -0.25) is 0 Å². The van der Waals surface area contributed by atoms with E-state index in [-0.39, 0.29) is 0 Å². The fraction of sp³-hybridized carbons (Fsp3) is 0.667. The summed E-state index contributed by atoms with van der Waals surface area (Å²) >= 11 is 5.27. The summed E-state index contributed by atoms with van der Waals surface area (Å²) in [6.07, 6.45) is 0. The van der Waals surface area contributed by atoms with Crippen LogP contribution < -0.4 is 10.6 Å². The van der Waals surface area contributed by atoms with E-state index in [4.69, 9.17) is 4.74 Å². The molecule has 1 fully saturated rings. The molecule has 0 spiro atoms. The zero-order chi connectivity index (χ0) is 12.1. The Bertz CT molecular complexity index is 345. The maximum Gasteiger partial charge on any atom is 0.0701 e. The largest absolute Gasteiger partial charge is 0.379 e. The second-order valence-electron chi connectivity index (χ2n) is 4.30. The van der Waals surface area contributed by atoms with Crippen molar-refractivity contribution < 1.29 is 4.74 Å². The zero-order valence-corrected chi connectivity index (χ0v) is 12.4. The molecule has 2 rings (SSSR count). The van der Waals surface area contributed by atoms with E-state index in [0.717, 1.165) is 32.8 Å². The molecule has 3 nitrogen and oxygen atoms in total. The first-order valence-corrected chi connectivity index (χ1v) is 7.66. The lowest BCUT2D eigenvalue weighted by Crippen LogP contribution is -2.39. The summed E-state index contributed by atoms with van der Waals surface area (Å²) in [6.45, 7) is 6.86. The number of thiophene rings is 1. The number of halogens is 1.